The van der Waals surface area contributed by atoms with Crippen molar-refractivity contribution in [3.63, 3.8) is 0 Å². The monoisotopic (exact) mass is 384 g/mol. The van der Waals surface area contributed by atoms with Gasteiger partial charge in [0, 0.05) is 12.6 Å². The number of benzene rings is 1. The van der Waals surface area contributed by atoms with Gasteiger partial charge in [-0.2, -0.15) is 0 Å². The van der Waals surface area contributed by atoms with Crippen LogP contribution in [0.3, 0.4) is 0 Å². The first-order chi connectivity index (χ1) is 13.5. The Morgan fingerprint density at radius 2 is 1.86 bits per heavy atom. The fourth-order valence-electron chi connectivity index (χ4n) is 3.61. The smallest absolute Gasteiger partial charge is 0.318 e. The van der Waals surface area contributed by atoms with Gasteiger partial charge in [-0.1, -0.05) is 29.8 Å². The molecule has 1 aliphatic carbocycles. The van der Waals surface area contributed by atoms with Crippen molar-refractivity contribution in [2.24, 2.45) is 5.92 Å². The van der Waals surface area contributed by atoms with Gasteiger partial charge in [0.15, 0.2) is 0 Å². The molecule has 0 atom stereocenters. The summed E-state index contributed by atoms with van der Waals surface area (Å²) in [5.74, 6) is -0.273. The largest absolute Gasteiger partial charge is 0.481 e. The molecule has 1 heterocycles. The Hall–Kier alpha value is -2.76. The second-order valence-corrected chi connectivity index (χ2v) is 7.57. The Morgan fingerprint density at radius 1 is 1.14 bits per heavy atom. The maximum absolute atomic E-state index is 12.9. The molecule has 6 nitrogen and oxygen atoms in total. The average Bonchev–Trinajstić information content (AvgIpc) is 3.20. The third-order valence-electron chi connectivity index (χ3n) is 5.41. The third-order valence-corrected chi connectivity index (χ3v) is 5.41. The van der Waals surface area contributed by atoms with Crippen LogP contribution < -0.4 is 5.32 Å². The lowest BCUT2D eigenvalue weighted by Crippen LogP contribution is -2.46. The number of hydrogen-bond donors (Lipinski definition) is 2. The van der Waals surface area contributed by atoms with Crippen molar-refractivity contribution in [2.45, 2.75) is 51.6 Å². The fourth-order valence-corrected chi connectivity index (χ4v) is 3.61. The van der Waals surface area contributed by atoms with Crippen molar-refractivity contribution in [2.75, 3.05) is 6.54 Å². The lowest BCUT2D eigenvalue weighted by Gasteiger charge is -2.30. The highest BCUT2D eigenvalue weighted by Crippen LogP contribution is 2.24. The number of carbonyl (C=O) groups excluding carboxylic acids is 1. The van der Waals surface area contributed by atoms with Crippen LogP contribution in [0.5, 0.6) is 0 Å². The number of carbonyl (C=O) groups is 2. The van der Waals surface area contributed by atoms with E-state index in [0.717, 1.165) is 12.2 Å². The zero-order valence-corrected chi connectivity index (χ0v) is 16.3. The van der Waals surface area contributed by atoms with E-state index in [0.29, 0.717) is 38.8 Å². The minimum Gasteiger partial charge on any atom is -0.481 e. The molecule has 1 fully saturated rings. The summed E-state index contributed by atoms with van der Waals surface area (Å²) in [7, 11) is 0. The van der Waals surface area contributed by atoms with Gasteiger partial charge in [-0.3, -0.25) is 4.79 Å². The molecule has 2 aromatic rings. The molecule has 0 radical (unpaired) electrons. The summed E-state index contributed by atoms with van der Waals surface area (Å²) in [6.45, 7) is 3.05. The maximum atomic E-state index is 12.9. The van der Waals surface area contributed by atoms with Crippen LogP contribution in [-0.4, -0.2) is 34.6 Å². The molecule has 1 aromatic carbocycles. The standard InChI is InChI=1S/C22H28N2O4/c1-16-4-6-17(7-5-16)12-13-24(15-20-3-2-14-28-20)22(27)23-19-10-8-18(9-11-19)21(25)26/h2-7,14,18-19H,8-13,15H2,1H3,(H,23,27)(H,25,26). The number of nitrogens with one attached hydrogen (secondary N) is 1. The topological polar surface area (TPSA) is 82.8 Å². The van der Waals surface area contributed by atoms with Crippen molar-refractivity contribution in [3.05, 3.63) is 59.5 Å². The minimum absolute atomic E-state index is 0.0292. The first-order valence-electron chi connectivity index (χ1n) is 9.87. The number of urea groups is 1. The van der Waals surface area contributed by atoms with Gasteiger partial charge >= 0.3 is 12.0 Å². The second-order valence-electron chi connectivity index (χ2n) is 7.57. The Bertz CT molecular complexity index is 762. The number of rotatable bonds is 7. The van der Waals surface area contributed by atoms with Gasteiger partial charge in [0.2, 0.25) is 0 Å². The van der Waals surface area contributed by atoms with Crippen LogP contribution in [0.1, 0.15) is 42.6 Å². The summed E-state index contributed by atoms with van der Waals surface area (Å²) in [4.78, 5) is 25.8. The molecular weight excluding hydrogens is 356 g/mol. The van der Waals surface area contributed by atoms with Gasteiger partial charge in [0.05, 0.1) is 18.7 Å². The molecule has 0 saturated heterocycles. The Labute approximate surface area is 165 Å². The van der Waals surface area contributed by atoms with Crippen molar-refractivity contribution >= 4 is 12.0 Å². The summed E-state index contributed by atoms with van der Waals surface area (Å²) >= 11 is 0. The summed E-state index contributed by atoms with van der Waals surface area (Å²) in [6.07, 6.45) is 5.01. The van der Waals surface area contributed by atoms with Crippen LogP contribution in [0.2, 0.25) is 0 Å². The number of aliphatic carboxylic acids is 1. The van der Waals surface area contributed by atoms with Crippen molar-refractivity contribution in [1.82, 2.24) is 10.2 Å². The van der Waals surface area contributed by atoms with E-state index < -0.39 is 5.97 Å². The zero-order chi connectivity index (χ0) is 19.9. The summed E-state index contributed by atoms with van der Waals surface area (Å²) < 4.78 is 5.43. The number of carboxylic acid groups (broad SMARTS) is 1. The summed E-state index contributed by atoms with van der Waals surface area (Å²) in [5.41, 5.74) is 2.40. The van der Waals surface area contributed by atoms with E-state index in [9.17, 15) is 9.59 Å². The zero-order valence-electron chi connectivity index (χ0n) is 16.3. The molecule has 6 heteroatoms. The first kappa shape index (κ1) is 20.0. The van der Waals surface area contributed by atoms with E-state index in [1.54, 1.807) is 11.2 Å². The predicted octanol–water partition coefficient (Wildman–Crippen LogP) is 3.99. The number of furan rings is 1. The number of hydrogen-bond acceptors (Lipinski definition) is 3. The van der Waals surface area contributed by atoms with Crippen LogP contribution in [0.15, 0.2) is 47.1 Å². The first-order valence-corrected chi connectivity index (χ1v) is 9.87. The SMILES string of the molecule is Cc1ccc(CCN(Cc2ccco2)C(=O)NC2CCC(C(=O)O)CC2)cc1. The molecule has 2 N–H and O–H groups in total. The lowest BCUT2D eigenvalue weighted by atomic mass is 9.86. The third kappa shape index (κ3) is 5.62. The van der Waals surface area contributed by atoms with E-state index in [4.69, 9.17) is 9.52 Å². The molecule has 0 aliphatic heterocycles. The Morgan fingerprint density at radius 3 is 2.46 bits per heavy atom. The van der Waals surface area contributed by atoms with E-state index in [1.165, 1.54) is 11.1 Å². The molecule has 1 saturated carbocycles. The molecule has 2 amide bonds. The number of aryl methyl sites for hydroxylation is 1. The summed E-state index contributed by atoms with van der Waals surface area (Å²) in [5, 5.41) is 12.2. The van der Waals surface area contributed by atoms with Gasteiger partial charge in [-0.15, -0.1) is 0 Å². The summed E-state index contributed by atoms with van der Waals surface area (Å²) in [6, 6.07) is 11.9. The van der Waals surface area contributed by atoms with Gasteiger partial charge in [0.1, 0.15) is 5.76 Å². The van der Waals surface area contributed by atoms with Gasteiger partial charge in [-0.25, -0.2) is 4.79 Å². The van der Waals surface area contributed by atoms with Crippen molar-refractivity contribution < 1.29 is 19.1 Å². The van der Waals surface area contributed by atoms with Crippen LogP contribution >= 0.6 is 0 Å². The number of nitrogens with zero attached hydrogens (tertiary/aromatic N) is 1. The van der Waals surface area contributed by atoms with E-state index in [-0.39, 0.29) is 18.0 Å². The second kappa shape index (κ2) is 9.44. The lowest BCUT2D eigenvalue weighted by molar-refractivity contribution is -0.142. The highest BCUT2D eigenvalue weighted by atomic mass is 16.4. The normalized spacial score (nSPS) is 19.2. The van der Waals surface area contributed by atoms with Crippen LogP contribution in [0.25, 0.3) is 0 Å². The maximum Gasteiger partial charge on any atom is 0.318 e. The van der Waals surface area contributed by atoms with Crippen LogP contribution in [-0.2, 0) is 17.8 Å². The Kier molecular flexibility index (Phi) is 6.74. The molecule has 1 aliphatic rings. The van der Waals surface area contributed by atoms with Gasteiger partial charge < -0.3 is 19.7 Å². The number of carboxylic acids is 1. The van der Waals surface area contributed by atoms with Gasteiger partial charge in [-0.05, 0) is 56.7 Å². The number of amides is 2. The quantitative estimate of drug-likeness (QED) is 0.756. The predicted molar refractivity (Wildman–Crippen MR) is 106 cm³/mol. The molecule has 0 unspecified atom stereocenters. The van der Waals surface area contributed by atoms with Gasteiger partial charge in [0.25, 0.3) is 0 Å². The highest BCUT2D eigenvalue weighted by molar-refractivity contribution is 5.74. The molecule has 0 bridgehead atoms. The molecular formula is C22H28N2O4. The molecule has 0 spiro atoms. The molecule has 3 rings (SSSR count). The van der Waals surface area contributed by atoms with Crippen molar-refractivity contribution in [3.8, 4) is 0 Å². The Balaban J connectivity index is 1.58. The average molecular weight is 384 g/mol. The minimum atomic E-state index is -0.734. The molecule has 28 heavy (non-hydrogen) atoms. The fraction of sp³-hybridized carbons (Fsp3) is 0.455. The van der Waals surface area contributed by atoms with Crippen LogP contribution in [0, 0.1) is 12.8 Å². The van der Waals surface area contributed by atoms with E-state index >= 15 is 0 Å². The van der Waals surface area contributed by atoms with E-state index in [1.807, 2.05) is 12.1 Å². The highest BCUT2D eigenvalue weighted by Gasteiger charge is 2.28. The van der Waals surface area contributed by atoms with Crippen molar-refractivity contribution in [1.29, 1.82) is 0 Å². The molecule has 1 aromatic heterocycles. The van der Waals surface area contributed by atoms with Crippen LogP contribution in [0.4, 0.5) is 4.79 Å². The van der Waals surface area contributed by atoms with E-state index in [2.05, 4.69) is 36.5 Å². The molecule has 150 valence electrons.